The van der Waals surface area contributed by atoms with Gasteiger partial charge in [0.05, 0.1) is 13.5 Å². The average molecular weight is 248 g/mol. The Bertz CT molecular complexity index is 420. The largest absolute Gasteiger partial charge is 0.496 e. The number of amides is 1. The van der Waals surface area contributed by atoms with E-state index in [1.807, 2.05) is 29.2 Å². The second kappa shape index (κ2) is 5.87. The zero-order valence-corrected chi connectivity index (χ0v) is 10.8. The summed E-state index contributed by atoms with van der Waals surface area (Å²) in [5.74, 6) is 0.918. The molecule has 4 heteroatoms. The van der Waals surface area contributed by atoms with Crippen molar-refractivity contribution in [2.75, 3.05) is 20.2 Å². The van der Waals surface area contributed by atoms with Crippen molar-refractivity contribution in [3.8, 4) is 5.75 Å². The van der Waals surface area contributed by atoms with Gasteiger partial charge in [-0.25, -0.2) is 0 Å². The van der Waals surface area contributed by atoms with Crippen molar-refractivity contribution in [1.29, 1.82) is 0 Å². The van der Waals surface area contributed by atoms with E-state index < -0.39 is 0 Å². The second-order valence-corrected chi connectivity index (χ2v) is 4.61. The van der Waals surface area contributed by atoms with Crippen LogP contribution in [0.5, 0.6) is 5.75 Å². The van der Waals surface area contributed by atoms with Crippen LogP contribution in [0.15, 0.2) is 24.3 Å². The zero-order valence-electron chi connectivity index (χ0n) is 10.8. The predicted molar refractivity (Wildman–Crippen MR) is 70.5 cm³/mol. The van der Waals surface area contributed by atoms with Crippen molar-refractivity contribution in [3.63, 3.8) is 0 Å². The third-order valence-electron chi connectivity index (χ3n) is 3.50. The minimum Gasteiger partial charge on any atom is -0.496 e. The molecule has 1 atom stereocenters. The Hall–Kier alpha value is -1.55. The summed E-state index contributed by atoms with van der Waals surface area (Å²) in [6, 6.07) is 7.87. The summed E-state index contributed by atoms with van der Waals surface area (Å²) in [7, 11) is 1.63. The van der Waals surface area contributed by atoms with E-state index >= 15 is 0 Å². The number of nitrogens with two attached hydrogens (primary N) is 1. The molecule has 4 nitrogen and oxygen atoms in total. The van der Waals surface area contributed by atoms with E-state index in [0.717, 1.165) is 30.7 Å². The maximum Gasteiger partial charge on any atom is 0.227 e. The standard InChI is InChI=1S/C14H20N2O2/c1-18-13-7-3-2-5-11(13)9-14(17)16-8-4-6-12(16)10-15/h2-3,5,7,12H,4,6,8-10,15H2,1H3. The molecule has 0 spiro atoms. The number of para-hydroxylation sites is 1. The fraction of sp³-hybridized carbons (Fsp3) is 0.500. The molecule has 2 rings (SSSR count). The third-order valence-corrected chi connectivity index (χ3v) is 3.50. The molecule has 1 aliphatic heterocycles. The van der Waals surface area contributed by atoms with Crippen LogP contribution in [0, 0.1) is 0 Å². The quantitative estimate of drug-likeness (QED) is 0.870. The van der Waals surface area contributed by atoms with Crippen LogP contribution in [0.3, 0.4) is 0 Å². The van der Waals surface area contributed by atoms with Crippen LogP contribution in [0.2, 0.25) is 0 Å². The van der Waals surface area contributed by atoms with Crippen LogP contribution in [0.4, 0.5) is 0 Å². The maximum absolute atomic E-state index is 12.3. The van der Waals surface area contributed by atoms with Gasteiger partial charge in [0.2, 0.25) is 5.91 Å². The highest BCUT2D eigenvalue weighted by Crippen LogP contribution is 2.21. The van der Waals surface area contributed by atoms with Gasteiger partial charge in [-0.1, -0.05) is 18.2 Å². The van der Waals surface area contributed by atoms with Gasteiger partial charge >= 0.3 is 0 Å². The lowest BCUT2D eigenvalue weighted by Crippen LogP contribution is -2.40. The van der Waals surface area contributed by atoms with Gasteiger partial charge in [0.25, 0.3) is 0 Å². The van der Waals surface area contributed by atoms with E-state index in [1.165, 1.54) is 0 Å². The molecule has 1 aromatic carbocycles. The molecule has 1 unspecified atom stereocenters. The Balaban J connectivity index is 2.07. The van der Waals surface area contributed by atoms with E-state index in [2.05, 4.69) is 0 Å². The number of rotatable bonds is 4. The lowest BCUT2D eigenvalue weighted by molar-refractivity contribution is -0.131. The second-order valence-electron chi connectivity index (χ2n) is 4.61. The minimum atomic E-state index is 0.146. The highest BCUT2D eigenvalue weighted by molar-refractivity contribution is 5.80. The zero-order chi connectivity index (χ0) is 13.0. The highest BCUT2D eigenvalue weighted by atomic mass is 16.5. The average Bonchev–Trinajstić information content (AvgIpc) is 2.87. The Morgan fingerprint density at radius 3 is 3.00 bits per heavy atom. The summed E-state index contributed by atoms with van der Waals surface area (Å²) < 4.78 is 5.27. The number of benzene rings is 1. The molecule has 0 aliphatic carbocycles. The number of methoxy groups -OCH3 is 1. The first-order valence-corrected chi connectivity index (χ1v) is 6.37. The van der Waals surface area contributed by atoms with Crippen LogP contribution >= 0.6 is 0 Å². The molecule has 1 amide bonds. The molecule has 1 aliphatic rings. The number of carbonyl (C=O) groups excluding carboxylic acids is 1. The molecule has 0 saturated carbocycles. The lowest BCUT2D eigenvalue weighted by Gasteiger charge is -2.23. The Labute approximate surface area is 108 Å². The Morgan fingerprint density at radius 2 is 2.28 bits per heavy atom. The van der Waals surface area contributed by atoms with E-state index in [9.17, 15) is 4.79 Å². The molecule has 1 heterocycles. The normalized spacial score (nSPS) is 19.0. The number of nitrogens with zero attached hydrogens (tertiary/aromatic N) is 1. The summed E-state index contributed by atoms with van der Waals surface area (Å²) in [6.07, 6.45) is 2.47. The number of likely N-dealkylation sites (tertiary alicyclic amines) is 1. The monoisotopic (exact) mass is 248 g/mol. The summed E-state index contributed by atoms with van der Waals surface area (Å²) in [4.78, 5) is 14.2. The molecular formula is C14H20N2O2. The van der Waals surface area contributed by atoms with Crippen molar-refractivity contribution in [3.05, 3.63) is 29.8 Å². The van der Waals surface area contributed by atoms with Crippen LogP contribution in [-0.2, 0) is 11.2 Å². The molecule has 1 aromatic rings. The summed E-state index contributed by atoms with van der Waals surface area (Å²) in [5.41, 5.74) is 6.63. The van der Waals surface area contributed by atoms with E-state index in [4.69, 9.17) is 10.5 Å². The van der Waals surface area contributed by atoms with Crippen LogP contribution in [0.25, 0.3) is 0 Å². The van der Waals surface area contributed by atoms with Crippen LogP contribution < -0.4 is 10.5 Å². The first kappa shape index (κ1) is 12.9. The van der Waals surface area contributed by atoms with Crippen LogP contribution in [0.1, 0.15) is 18.4 Å². The number of ether oxygens (including phenoxy) is 1. The first-order chi connectivity index (χ1) is 8.76. The first-order valence-electron chi connectivity index (χ1n) is 6.37. The molecule has 0 radical (unpaired) electrons. The van der Waals surface area contributed by atoms with E-state index in [1.54, 1.807) is 7.11 Å². The number of carbonyl (C=O) groups is 1. The fourth-order valence-corrected chi connectivity index (χ4v) is 2.52. The van der Waals surface area contributed by atoms with Crippen molar-refractivity contribution in [2.24, 2.45) is 5.73 Å². The Morgan fingerprint density at radius 1 is 1.50 bits per heavy atom. The fourth-order valence-electron chi connectivity index (χ4n) is 2.52. The van der Waals surface area contributed by atoms with Crippen molar-refractivity contribution < 1.29 is 9.53 Å². The van der Waals surface area contributed by atoms with Crippen molar-refractivity contribution in [1.82, 2.24) is 4.90 Å². The Kier molecular flexibility index (Phi) is 4.20. The lowest BCUT2D eigenvalue weighted by atomic mass is 10.1. The van der Waals surface area contributed by atoms with Gasteiger partial charge in [0.1, 0.15) is 5.75 Å². The third kappa shape index (κ3) is 2.64. The SMILES string of the molecule is COc1ccccc1CC(=O)N1CCCC1CN. The van der Waals surface area contributed by atoms with Crippen molar-refractivity contribution in [2.45, 2.75) is 25.3 Å². The topological polar surface area (TPSA) is 55.6 Å². The predicted octanol–water partition coefficient (Wildman–Crippen LogP) is 1.19. The van der Waals surface area contributed by atoms with Gasteiger partial charge in [-0.3, -0.25) is 4.79 Å². The van der Waals surface area contributed by atoms with Gasteiger partial charge in [-0.05, 0) is 18.9 Å². The number of hydrogen-bond donors (Lipinski definition) is 1. The maximum atomic E-state index is 12.3. The minimum absolute atomic E-state index is 0.146. The summed E-state index contributed by atoms with van der Waals surface area (Å²) in [5, 5.41) is 0. The van der Waals surface area contributed by atoms with Gasteiger partial charge in [0, 0.05) is 24.7 Å². The summed E-state index contributed by atoms with van der Waals surface area (Å²) in [6.45, 7) is 1.38. The molecule has 1 saturated heterocycles. The molecule has 0 aromatic heterocycles. The smallest absolute Gasteiger partial charge is 0.227 e. The van der Waals surface area contributed by atoms with Gasteiger partial charge in [-0.15, -0.1) is 0 Å². The van der Waals surface area contributed by atoms with E-state index in [0.29, 0.717) is 13.0 Å². The summed E-state index contributed by atoms with van der Waals surface area (Å²) >= 11 is 0. The van der Waals surface area contributed by atoms with E-state index in [-0.39, 0.29) is 11.9 Å². The molecule has 2 N–H and O–H groups in total. The number of hydrogen-bond acceptors (Lipinski definition) is 3. The highest BCUT2D eigenvalue weighted by Gasteiger charge is 2.27. The van der Waals surface area contributed by atoms with Gasteiger partial charge < -0.3 is 15.4 Å². The van der Waals surface area contributed by atoms with Gasteiger partial charge in [-0.2, -0.15) is 0 Å². The van der Waals surface area contributed by atoms with Gasteiger partial charge in [0.15, 0.2) is 0 Å². The van der Waals surface area contributed by atoms with Crippen LogP contribution in [-0.4, -0.2) is 37.0 Å². The molecule has 0 bridgehead atoms. The molecule has 1 fully saturated rings. The van der Waals surface area contributed by atoms with Crippen molar-refractivity contribution >= 4 is 5.91 Å². The molecule has 18 heavy (non-hydrogen) atoms. The molecule has 98 valence electrons. The molecular weight excluding hydrogens is 228 g/mol.